The van der Waals surface area contributed by atoms with Crippen LogP contribution in [0, 0.1) is 5.82 Å². The van der Waals surface area contributed by atoms with E-state index in [2.05, 4.69) is 17.1 Å². The maximum Gasteiger partial charge on any atom is 0.146 e. The molecule has 1 saturated heterocycles. The normalized spacial score (nSPS) is 23.4. The van der Waals surface area contributed by atoms with Gasteiger partial charge in [0, 0.05) is 30.4 Å². The molecule has 0 saturated carbocycles. The average Bonchev–Trinajstić information content (AvgIpc) is 2.70. The Kier molecular flexibility index (Phi) is 2.67. The van der Waals surface area contributed by atoms with Crippen molar-refractivity contribution in [2.45, 2.75) is 19.4 Å². The molecule has 4 heteroatoms. The third-order valence-corrected chi connectivity index (χ3v) is 3.47. The van der Waals surface area contributed by atoms with Crippen LogP contribution in [0.4, 0.5) is 15.8 Å². The van der Waals surface area contributed by atoms with Crippen molar-refractivity contribution in [1.29, 1.82) is 0 Å². The number of benzene rings is 1. The van der Waals surface area contributed by atoms with E-state index in [0.717, 1.165) is 36.4 Å². The lowest BCUT2D eigenvalue weighted by Crippen LogP contribution is -2.37. The topological polar surface area (TPSA) is 24.5 Å². The Morgan fingerprint density at radius 2 is 2.12 bits per heavy atom. The zero-order valence-electron chi connectivity index (χ0n) is 10.0. The summed E-state index contributed by atoms with van der Waals surface area (Å²) in [5, 5.41) is 3.38. The van der Waals surface area contributed by atoms with Crippen LogP contribution in [0.5, 0.6) is 0 Å². The highest BCUT2D eigenvalue weighted by atomic mass is 19.1. The highest BCUT2D eigenvalue weighted by Gasteiger charge is 2.26. The highest BCUT2D eigenvalue weighted by Crippen LogP contribution is 2.36. The molecule has 1 fully saturated rings. The Morgan fingerprint density at radius 3 is 2.88 bits per heavy atom. The first-order valence-electron chi connectivity index (χ1n) is 6.16. The first-order chi connectivity index (χ1) is 8.25. The molecule has 0 spiro atoms. The van der Waals surface area contributed by atoms with Crippen molar-refractivity contribution in [3.8, 4) is 0 Å². The number of nitrogens with one attached hydrogen (secondary N) is 1. The van der Waals surface area contributed by atoms with Crippen molar-refractivity contribution in [1.82, 2.24) is 0 Å². The minimum Gasteiger partial charge on any atom is -0.382 e. The van der Waals surface area contributed by atoms with Gasteiger partial charge in [-0.1, -0.05) is 0 Å². The summed E-state index contributed by atoms with van der Waals surface area (Å²) in [4.78, 5) is 2.11. The van der Waals surface area contributed by atoms with Crippen molar-refractivity contribution in [3.63, 3.8) is 0 Å². The zero-order valence-corrected chi connectivity index (χ0v) is 10.0. The molecule has 3 rings (SSSR count). The van der Waals surface area contributed by atoms with Gasteiger partial charge in [0.2, 0.25) is 0 Å². The van der Waals surface area contributed by atoms with Gasteiger partial charge in [-0.3, -0.25) is 0 Å². The summed E-state index contributed by atoms with van der Waals surface area (Å²) in [6, 6.07) is 3.80. The molecule has 0 bridgehead atoms. The molecule has 2 heterocycles. The number of fused-ring (bicyclic) bond motifs is 1. The van der Waals surface area contributed by atoms with Crippen LogP contribution in [-0.4, -0.2) is 32.3 Å². The van der Waals surface area contributed by atoms with Gasteiger partial charge in [0.25, 0.3) is 0 Å². The van der Waals surface area contributed by atoms with E-state index in [1.807, 2.05) is 6.07 Å². The summed E-state index contributed by atoms with van der Waals surface area (Å²) in [5.41, 5.74) is 2.99. The first-order valence-corrected chi connectivity index (χ1v) is 6.16. The van der Waals surface area contributed by atoms with E-state index in [4.69, 9.17) is 4.74 Å². The lowest BCUT2D eigenvalue weighted by molar-refractivity contribution is 0.122. The van der Waals surface area contributed by atoms with E-state index in [0.29, 0.717) is 19.3 Å². The fourth-order valence-corrected chi connectivity index (χ4v) is 2.70. The van der Waals surface area contributed by atoms with Crippen LogP contribution in [0.1, 0.15) is 12.5 Å². The molecule has 0 aliphatic carbocycles. The monoisotopic (exact) mass is 236 g/mol. The van der Waals surface area contributed by atoms with E-state index >= 15 is 0 Å². The summed E-state index contributed by atoms with van der Waals surface area (Å²) in [7, 11) is 0. The molecule has 0 aromatic heterocycles. The molecule has 17 heavy (non-hydrogen) atoms. The number of hydrogen-bond acceptors (Lipinski definition) is 3. The van der Waals surface area contributed by atoms with Crippen molar-refractivity contribution < 1.29 is 9.13 Å². The van der Waals surface area contributed by atoms with E-state index in [-0.39, 0.29) is 5.82 Å². The van der Waals surface area contributed by atoms with E-state index in [1.165, 1.54) is 0 Å². The van der Waals surface area contributed by atoms with Crippen LogP contribution in [-0.2, 0) is 11.2 Å². The third kappa shape index (κ3) is 1.86. The zero-order chi connectivity index (χ0) is 11.8. The Bertz CT molecular complexity index is 430. The number of nitrogens with zero attached hydrogens (tertiary/aromatic N) is 1. The highest BCUT2D eigenvalue weighted by molar-refractivity contribution is 5.70. The maximum absolute atomic E-state index is 14.0. The Morgan fingerprint density at radius 1 is 1.35 bits per heavy atom. The number of halogens is 1. The molecule has 92 valence electrons. The van der Waals surface area contributed by atoms with Gasteiger partial charge in [0.1, 0.15) is 5.82 Å². The van der Waals surface area contributed by atoms with Gasteiger partial charge < -0.3 is 15.0 Å². The molecule has 1 atom stereocenters. The number of hydrogen-bond donors (Lipinski definition) is 1. The fraction of sp³-hybridized carbons (Fsp3) is 0.538. The van der Waals surface area contributed by atoms with Gasteiger partial charge in [0.05, 0.1) is 18.9 Å². The van der Waals surface area contributed by atoms with Crippen LogP contribution in [0.25, 0.3) is 0 Å². The second kappa shape index (κ2) is 4.18. The molecule has 1 N–H and O–H groups in total. The minimum absolute atomic E-state index is 0.110. The van der Waals surface area contributed by atoms with Crippen molar-refractivity contribution in [3.05, 3.63) is 23.5 Å². The summed E-state index contributed by atoms with van der Waals surface area (Å²) in [5.74, 6) is -0.110. The summed E-state index contributed by atoms with van der Waals surface area (Å²) >= 11 is 0. The van der Waals surface area contributed by atoms with Gasteiger partial charge >= 0.3 is 0 Å². The van der Waals surface area contributed by atoms with Crippen LogP contribution in [0.2, 0.25) is 0 Å². The first kappa shape index (κ1) is 10.8. The Hall–Kier alpha value is -1.29. The van der Waals surface area contributed by atoms with Gasteiger partial charge in [-0.15, -0.1) is 0 Å². The Balaban J connectivity index is 2.00. The second-order valence-corrected chi connectivity index (χ2v) is 4.77. The number of morpholine rings is 1. The summed E-state index contributed by atoms with van der Waals surface area (Å²) < 4.78 is 19.4. The standard InChI is InChI=1S/C13H17FN2O/c1-9-8-10-12(15-9)3-2-11(14)13(10)16-4-6-17-7-5-16/h2-3,9,15H,4-8H2,1H3. The number of ether oxygens (including phenoxy) is 1. The van der Waals surface area contributed by atoms with Crippen LogP contribution in [0.3, 0.4) is 0 Å². The van der Waals surface area contributed by atoms with Gasteiger partial charge in [-0.25, -0.2) is 4.39 Å². The lowest BCUT2D eigenvalue weighted by atomic mass is 10.1. The van der Waals surface area contributed by atoms with Gasteiger partial charge in [-0.05, 0) is 25.5 Å². The fourth-order valence-electron chi connectivity index (χ4n) is 2.70. The maximum atomic E-state index is 14.0. The van der Waals surface area contributed by atoms with E-state index in [1.54, 1.807) is 6.07 Å². The second-order valence-electron chi connectivity index (χ2n) is 4.77. The SMILES string of the molecule is CC1Cc2c(ccc(F)c2N2CCOCC2)N1. The predicted octanol–water partition coefficient (Wildman–Crippen LogP) is 2.02. The van der Waals surface area contributed by atoms with Crippen LogP contribution in [0.15, 0.2) is 12.1 Å². The van der Waals surface area contributed by atoms with Crippen LogP contribution >= 0.6 is 0 Å². The average molecular weight is 236 g/mol. The molecule has 1 aromatic carbocycles. The summed E-state index contributed by atoms with van der Waals surface area (Å²) in [6.07, 6.45) is 0.903. The molecular weight excluding hydrogens is 219 g/mol. The van der Waals surface area contributed by atoms with E-state index < -0.39 is 0 Å². The van der Waals surface area contributed by atoms with Crippen LogP contribution < -0.4 is 10.2 Å². The molecular formula is C13H17FN2O. The van der Waals surface area contributed by atoms with Crippen molar-refractivity contribution in [2.75, 3.05) is 36.5 Å². The molecule has 1 aromatic rings. The largest absolute Gasteiger partial charge is 0.382 e. The third-order valence-electron chi connectivity index (χ3n) is 3.47. The number of rotatable bonds is 1. The van der Waals surface area contributed by atoms with Crippen molar-refractivity contribution in [2.24, 2.45) is 0 Å². The predicted molar refractivity (Wildman–Crippen MR) is 66.2 cm³/mol. The number of anilines is 2. The molecule has 3 nitrogen and oxygen atoms in total. The molecule has 0 radical (unpaired) electrons. The van der Waals surface area contributed by atoms with Gasteiger partial charge in [-0.2, -0.15) is 0 Å². The Labute approximate surface area is 101 Å². The molecule has 2 aliphatic heterocycles. The molecule has 2 aliphatic rings. The summed E-state index contributed by atoms with van der Waals surface area (Å²) in [6.45, 7) is 5.06. The minimum atomic E-state index is -0.110. The molecule has 0 amide bonds. The van der Waals surface area contributed by atoms with E-state index in [9.17, 15) is 4.39 Å². The molecule has 1 unspecified atom stereocenters. The lowest BCUT2D eigenvalue weighted by Gasteiger charge is -2.30. The van der Waals surface area contributed by atoms with Crippen molar-refractivity contribution >= 4 is 11.4 Å². The van der Waals surface area contributed by atoms with Gasteiger partial charge in [0.15, 0.2) is 0 Å². The smallest absolute Gasteiger partial charge is 0.146 e. The quantitative estimate of drug-likeness (QED) is 0.807.